The van der Waals surface area contributed by atoms with Crippen LogP contribution >= 0.6 is 15.9 Å². The van der Waals surface area contributed by atoms with Crippen molar-refractivity contribution in [3.63, 3.8) is 0 Å². The molecule has 2 N–H and O–H groups in total. The summed E-state index contributed by atoms with van der Waals surface area (Å²) in [5.74, 6) is 0.319. The van der Waals surface area contributed by atoms with Gasteiger partial charge in [0.15, 0.2) is 15.8 Å². The second-order valence-electron chi connectivity index (χ2n) is 5.75. The molecule has 2 aromatic rings. The summed E-state index contributed by atoms with van der Waals surface area (Å²) in [6, 6.07) is 11.4. The summed E-state index contributed by atoms with van der Waals surface area (Å²) in [6.07, 6.45) is 1.91. The number of sulfone groups is 1. The maximum Gasteiger partial charge on any atom is 0.191 e. The second kappa shape index (κ2) is 9.14. The lowest BCUT2D eigenvalue weighted by molar-refractivity contribution is 0.602. The van der Waals surface area contributed by atoms with Crippen LogP contribution in [0.1, 0.15) is 11.1 Å². The van der Waals surface area contributed by atoms with Crippen molar-refractivity contribution in [1.82, 2.24) is 10.6 Å². The van der Waals surface area contributed by atoms with Gasteiger partial charge in [-0.3, -0.25) is 4.99 Å². The first-order valence-electron chi connectivity index (χ1n) is 7.97. The van der Waals surface area contributed by atoms with Crippen molar-refractivity contribution < 1.29 is 12.8 Å². The molecule has 0 fully saturated rings. The fraction of sp³-hybridized carbons (Fsp3) is 0.278. The molecule has 8 heteroatoms. The molecule has 0 aliphatic heterocycles. The quantitative estimate of drug-likeness (QED) is 0.533. The average molecular weight is 442 g/mol. The van der Waals surface area contributed by atoms with E-state index >= 15 is 0 Å². The number of hydrogen-bond donors (Lipinski definition) is 2. The molecule has 0 aromatic heterocycles. The summed E-state index contributed by atoms with van der Waals surface area (Å²) in [7, 11) is -1.51. The summed E-state index contributed by atoms with van der Waals surface area (Å²) >= 11 is 3.40. The highest BCUT2D eigenvalue weighted by Gasteiger charge is 2.06. The number of benzene rings is 2. The molecule has 0 atom stereocenters. The van der Waals surface area contributed by atoms with E-state index in [1.807, 2.05) is 0 Å². The molecule has 140 valence electrons. The van der Waals surface area contributed by atoms with Crippen molar-refractivity contribution in [1.29, 1.82) is 0 Å². The van der Waals surface area contributed by atoms with Crippen LogP contribution in [0.25, 0.3) is 0 Å². The molecule has 0 heterocycles. The Morgan fingerprint density at radius 3 is 2.46 bits per heavy atom. The van der Waals surface area contributed by atoms with Crippen molar-refractivity contribution in [2.45, 2.75) is 17.9 Å². The van der Waals surface area contributed by atoms with E-state index in [1.165, 1.54) is 18.4 Å². The lowest BCUT2D eigenvalue weighted by atomic mass is 10.1. The summed E-state index contributed by atoms with van der Waals surface area (Å²) in [5, 5.41) is 6.31. The monoisotopic (exact) mass is 441 g/mol. The Balaban J connectivity index is 1.84. The van der Waals surface area contributed by atoms with E-state index in [-0.39, 0.29) is 5.82 Å². The van der Waals surface area contributed by atoms with E-state index in [2.05, 4.69) is 31.6 Å². The van der Waals surface area contributed by atoms with Crippen molar-refractivity contribution in [2.24, 2.45) is 4.99 Å². The largest absolute Gasteiger partial charge is 0.356 e. The van der Waals surface area contributed by atoms with Gasteiger partial charge in [-0.25, -0.2) is 12.8 Å². The standard InChI is InChI=1S/C18H21BrFN3O2S/c1-21-18(23-12-14-11-15(20)5-8-17(14)19)22-10-9-13-3-6-16(7-4-13)26(2,24)25/h3-8,11H,9-10,12H2,1-2H3,(H2,21,22,23). The molecule has 0 aliphatic carbocycles. The van der Waals surface area contributed by atoms with Gasteiger partial charge in [0.2, 0.25) is 0 Å². The molecule has 2 rings (SSSR count). The second-order valence-corrected chi connectivity index (χ2v) is 8.62. The zero-order chi connectivity index (χ0) is 19.2. The smallest absolute Gasteiger partial charge is 0.191 e. The zero-order valence-corrected chi connectivity index (χ0v) is 17.0. The maximum atomic E-state index is 13.3. The van der Waals surface area contributed by atoms with Crippen LogP contribution < -0.4 is 10.6 Å². The van der Waals surface area contributed by atoms with Crippen molar-refractivity contribution in [3.05, 3.63) is 63.9 Å². The minimum atomic E-state index is -3.17. The number of rotatable bonds is 6. The Hall–Kier alpha value is -1.93. The maximum absolute atomic E-state index is 13.3. The zero-order valence-electron chi connectivity index (χ0n) is 14.6. The first-order valence-corrected chi connectivity index (χ1v) is 10.7. The number of aliphatic imine (C=N–C) groups is 1. The average Bonchev–Trinajstić information content (AvgIpc) is 2.60. The summed E-state index contributed by atoms with van der Waals surface area (Å²) in [6.45, 7) is 1.06. The van der Waals surface area contributed by atoms with Gasteiger partial charge in [-0.1, -0.05) is 28.1 Å². The highest BCUT2D eigenvalue weighted by Crippen LogP contribution is 2.17. The lowest BCUT2D eigenvalue weighted by Crippen LogP contribution is -2.37. The van der Waals surface area contributed by atoms with Crippen LogP contribution in [-0.4, -0.2) is 34.2 Å². The topological polar surface area (TPSA) is 70.6 Å². The molecule has 0 saturated carbocycles. The summed E-state index contributed by atoms with van der Waals surface area (Å²) in [5.41, 5.74) is 1.82. The molecule has 5 nitrogen and oxygen atoms in total. The molecule has 0 aliphatic rings. The predicted octanol–water partition coefficient (Wildman–Crippen LogP) is 2.90. The molecular formula is C18H21BrFN3O2S. The Morgan fingerprint density at radius 2 is 1.85 bits per heavy atom. The summed E-state index contributed by atoms with van der Waals surface area (Å²) in [4.78, 5) is 4.45. The van der Waals surface area contributed by atoms with Crippen molar-refractivity contribution >= 4 is 31.7 Å². The molecular weight excluding hydrogens is 421 g/mol. The molecule has 0 unspecified atom stereocenters. The molecule has 0 radical (unpaired) electrons. The van der Waals surface area contributed by atoms with Crippen LogP contribution in [0.5, 0.6) is 0 Å². The van der Waals surface area contributed by atoms with Gasteiger partial charge >= 0.3 is 0 Å². The molecule has 0 amide bonds. The van der Waals surface area contributed by atoms with E-state index < -0.39 is 9.84 Å². The number of hydrogen-bond acceptors (Lipinski definition) is 3. The third-order valence-electron chi connectivity index (χ3n) is 3.74. The molecule has 0 bridgehead atoms. The molecule has 2 aromatic carbocycles. The van der Waals surface area contributed by atoms with Crippen molar-refractivity contribution in [2.75, 3.05) is 19.8 Å². The molecule has 0 saturated heterocycles. The first kappa shape index (κ1) is 20.4. The number of nitrogens with one attached hydrogen (secondary N) is 2. The molecule has 0 spiro atoms. The third kappa shape index (κ3) is 6.10. The Labute approximate surface area is 161 Å². The minimum Gasteiger partial charge on any atom is -0.356 e. The Morgan fingerprint density at radius 1 is 1.15 bits per heavy atom. The van der Waals surface area contributed by atoms with Crippen LogP contribution in [0.15, 0.2) is 56.8 Å². The fourth-order valence-electron chi connectivity index (χ4n) is 2.31. The lowest BCUT2D eigenvalue weighted by Gasteiger charge is -2.13. The normalized spacial score (nSPS) is 12.1. The Bertz CT molecular complexity index is 884. The third-order valence-corrected chi connectivity index (χ3v) is 5.64. The van der Waals surface area contributed by atoms with Gasteiger partial charge in [-0.15, -0.1) is 0 Å². The number of guanidine groups is 1. The van der Waals surface area contributed by atoms with Gasteiger partial charge in [-0.2, -0.15) is 0 Å². The van der Waals surface area contributed by atoms with Gasteiger partial charge in [0.25, 0.3) is 0 Å². The van der Waals surface area contributed by atoms with Gasteiger partial charge in [0.05, 0.1) is 4.90 Å². The number of halogens is 2. The van der Waals surface area contributed by atoms with Crippen LogP contribution in [0.2, 0.25) is 0 Å². The van der Waals surface area contributed by atoms with Gasteiger partial charge in [0.1, 0.15) is 5.82 Å². The van der Waals surface area contributed by atoms with Gasteiger partial charge in [-0.05, 0) is 47.9 Å². The van der Waals surface area contributed by atoms with Gasteiger partial charge in [0, 0.05) is 30.9 Å². The van der Waals surface area contributed by atoms with E-state index in [1.54, 1.807) is 37.4 Å². The Kier molecular flexibility index (Phi) is 7.16. The van der Waals surface area contributed by atoms with E-state index in [9.17, 15) is 12.8 Å². The molecule has 26 heavy (non-hydrogen) atoms. The van der Waals surface area contributed by atoms with Gasteiger partial charge < -0.3 is 10.6 Å². The highest BCUT2D eigenvalue weighted by atomic mass is 79.9. The first-order chi connectivity index (χ1) is 12.3. The van der Waals surface area contributed by atoms with Crippen LogP contribution in [0.4, 0.5) is 4.39 Å². The minimum absolute atomic E-state index is 0.287. The van der Waals surface area contributed by atoms with Crippen molar-refractivity contribution in [3.8, 4) is 0 Å². The summed E-state index contributed by atoms with van der Waals surface area (Å²) < 4.78 is 37.1. The number of nitrogens with zero attached hydrogens (tertiary/aromatic N) is 1. The fourth-order valence-corrected chi connectivity index (χ4v) is 3.32. The van der Waals surface area contributed by atoms with Crippen LogP contribution in [0.3, 0.4) is 0 Å². The highest BCUT2D eigenvalue weighted by molar-refractivity contribution is 9.10. The predicted molar refractivity (Wildman–Crippen MR) is 106 cm³/mol. The van der Waals surface area contributed by atoms with Crippen LogP contribution in [0, 0.1) is 5.82 Å². The van der Waals surface area contributed by atoms with Crippen LogP contribution in [-0.2, 0) is 22.8 Å². The van der Waals surface area contributed by atoms with E-state index in [0.29, 0.717) is 30.4 Å². The van der Waals surface area contributed by atoms with E-state index in [0.717, 1.165) is 15.6 Å². The van der Waals surface area contributed by atoms with E-state index in [4.69, 9.17) is 0 Å². The SMILES string of the molecule is CN=C(NCCc1ccc(S(C)(=O)=O)cc1)NCc1cc(F)ccc1Br.